The smallest absolute Gasteiger partial charge is 0.229 e. The zero-order valence-electron chi connectivity index (χ0n) is 12.8. The van der Waals surface area contributed by atoms with E-state index in [0.29, 0.717) is 22.8 Å². The number of amides is 2. The quantitative estimate of drug-likeness (QED) is 0.911. The Morgan fingerprint density at radius 2 is 2.14 bits per heavy atom. The van der Waals surface area contributed by atoms with Crippen molar-refractivity contribution in [1.29, 1.82) is 5.26 Å². The maximum atomic E-state index is 12.3. The second-order valence-electron chi connectivity index (χ2n) is 6.37. The number of hydrogen-bond acceptors (Lipinski definition) is 3. The van der Waals surface area contributed by atoms with Gasteiger partial charge in [0.25, 0.3) is 0 Å². The van der Waals surface area contributed by atoms with Crippen LogP contribution in [0, 0.1) is 17.2 Å². The molecule has 1 fully saturated rings. The average molecular weight is 320 g/mol. The van der Waals surface area contributed by atoms with E-state index in [9.17, 15) is 9.59 Å². The number of nitrogens with zero attached hydrogens (tertiary/aromatic N) is 2. The number of nitrogens with one attached hydrogen (secondary N) is 1. The zero-order valence-corrected chi connectivity index (χ0v) is 13.6. The van der Waals surface area contributed by atoms with E-state index in [1.54, 1.807) is 17.0 Å². The van der Waals surface area contributed by atoms with E-state index < -0.39 is 0 Å². The van der Waals surface area contributed by atoms with Gasteiger partial charge >= 0.3 is 0 Å². The molecule has 0 saturated carbocycles. The summed E-state index contributed by atoms with van der Waals surface area (Å²) in [6.45, 7) is 6.26. The molecule has 1 aromatic carbocycles. The molecule has 1 aliphatic rings. The molecule has 1 N–H and O–H groups in total. The first-order valence-corrected chi connectivity index (χ1v) is 7.41. The molecule has 1 saturated heterocycles. The van der Waals surface area contributed by atoms with Gasteiger partial charge in [0.2, 0.25) is 11.8 Å². The molecule has 22 heavy (non-hydrogen) atoms. The third-order valence-electron chi connectivity index (χ3n) is 3.66. The zero-order chi connectivity index (χ0) is 16.5. The lowest BCUT2D eigenvalue weighted by Crippen LogP contribution is -2.42. The molecule has 1 aromatic rings. The summed E-state index contributed by atoms with van der Waals surface area (Å²) in [6, 6.07) is 6.68. The molecular weight excluding hydrogens is 302 g/mol. The third kappa shape index (κ3) is 3.40. The van der Waals surface area contributed by atoms with Gasteiger partial charge in [0.15, 0.2) is 0 Å². The highest BCUT2D eigenvalue weighted by Crippen LogP contribution is 2.27. The van der Waals surface area contributed by atoms with Crippen molar-refractivity contribution in [3.05, 3.63) is 28.8 Å². The number of benzene rings is 1. The van der Waals surface area contributed by atoms with Gasteiger partial charge in [-0.2, -0.15) is 5.26 Å². The van der Waals surface area contributed by atoms with Crippen LogP contribution in [0.5, 0.6) is 0 Å². The molecule has 0 aliphatic carbocycles. The highest BCUT2D eigenvalue weighted by Gasteiger charge is 2.39. The molecule has 1 heterocycles. The first-order valence-electron chi connectivity index (χ1n) is 7.03. The molecule has 0 unspecified atom stereocenters. The minimum Gasteiger partial charge on any atom is -0.337 e. The molecular formula is C16H18ClN3O2. The summed E-state index contributed by atoms with van der Waals surface area (Å²) in [6.07, 6.45) is 0.215. The Labute approximate surface area is 134 Å². The van der Waals surface area contributed by atoms with Gasteiger partial charge < -0.3 is 10.2 Å². The minimum absolute atomic E-state index is 0.00879. The normalized spacial score (nSPS) is 18.2. The van der Waals surface area contributed by atoms with Crippen molar-refractivity contribution >= 4 is 29.1 Å². The molecule has 1 aliphatic heterocycles. The van der Waals surface area contributed by atoms with E-state index in [-0.39, 0.29) is 29.7 Å². The van der Waals surface area contributed by atoms with Crippen molar-refractivity contribution in [3.63, 3.8) is 0 Å². The van der Waals surface area contributed by atoms with Gasteiger partial charge in [0.05, 0.1) is 16.5 Å². The fourth-order valence-electron chi connectivity index (χ4n) is 2.46. The van der Waals surface area contributed by atoms with Crippen LogP contribution in [0.15, 0.2) is 18.2 Å². The number of nitriles is 1. The monoisotopic (exact) mass is 319 g/mol. The number of carbonyl (C=O) groups excluding carboxylic acids is 2. The summed E-state index contributed by atoms with van der Waals surface area (Å²) in [4.78, 5) is 26.0. The minimum atomic E-state index is -0.374. The SMILES string of the molecule is CC(C)(C)N1C[C@H](C(=O)Nc2ccc(C#N)c(Cl)c2)CC1=O. The Balaban J connectivity index is 2.06. The summed E-state index contributed by atoms with van der Waals surface area (Å²) in [5.41, 5.74) is 0.592. The van der Waals surface area contributed by atoms with Crippen LogP contribution >= 0.6 is 11.6 Å². The van der Waals surface area contributed by atoms with E-state index in [0.717, 1.165) is 0 Å². The Morgan fingerprint density at radius 1 is 1.45 bits per heavy atom. The van der Waals surface area contributed by atoms with Gasteiger partial charge in [-0.1, -0.05) is 11.6 Å². The van der Waals surface area contributed by atoms with Crippen LogP contribution in [-0.2, 0) is 9.59 Å². The number of hydrogen-bond donors (Lipinski definition) is 1. The first kappa shape index (κ1) is 16.3. The molecule has 2 rings (SSSR count). The fourth-order valence-corrected chi connectivity index (χ4v) is 2.68. The molecule has 0 bridgehead atoms. The van der Waals surface area contributed by atoms with Crippen LogP contribution in [0.25, 0.3) is 0 Å². The van der Waals surface area contributed by atoms with Crippen molar-refractivity contribution in [1.82, 2.24) is 4.90 Å². The van der Waals surface area contributed by atoms with Gasteiger partial charge in [0, 0.05) is 24.2 Å². The van der Waals surface area contributed by atoms with Crippen molar-refractivity contribution < 1.29 is 9.59 Å². The first-order chi connectivity index (χ1) is 10.2. The van der Waals surface area contributed by atoms with Crippen LogP contribution < -0.4 is 5.32 Å². The van der Waals surface area contributed by atoms with E-state index in [4.69, 9.17) is 16.9 Å². The topological polar surface area (TPSA) is 73.2 Å². The summed E-state index contributed by atoms with van der Waals surface area (Å²) in [5, 5.41) is 11.9. The van der Waals surface area contributed by atoms with Crippen LogP contribution in [0.4, 0.5) is 5.69 Å². The number of halogens is 1. The highest BCUT2D eigenvalue weighted by molar-refractivity contribution is 6.32. The summed E-state index contributed by atoms with van der Waals surface area (Å²) >= 11 is 5.94. The van der Waals surface area contributed by atoms with Crippen molar-refractivity contribution in [2.75, 3.05) is 11.9 Å². The molecule has 2 amide bonds. The summed E-state index contributed by atoms with van der Waals surface area (Å²) in [7, 11) is 0. The average Bonchev–Trinajstić information content (AvgIpc) is 2.81. The van der Waals surface area contributed by atoms with Crippen molar-refractivity contribution in [2.45, 2.75) is 32.7 Å². The maximum absolute atomic E-state index is 12.3. The number of rotatable bonds is 2. The van der Waals surface area contributed by atoms with Gasteiger partial charge in [-0.3, -0.25) is 9.59 Å². The van der Waals surface area contributed by atoms with Crippen LogP contribution in [-0.4, -0.2) is 28.8 Å². The van der Waals surface area contributed by atoms with Crippen molar-refractivity contribution in [3.8, 4) is 6.07 Å². The van der Waals surface area contributed by atoms with E-state index in [2.05, 4.69) is 5.32 Å². The molecule has 116 valence electrons. The molecule has 5 nitrogen and oxygen atoms in total. The molecule has 0 radical (unpaired) electrons. The largest absolute Gasteiger partial charge is 0.337 e. The number of likely N-dealkylation sites (tertiary alicyclic amines) is 1. The molecule has 0 spiro atoms. The third-order valence-corrected chi connectivity index (χ3v) is 3.98. The maximum Gasteiger partial charge on any atom is 0.229 e. The van der Waals surface area contributed by atoms with Crippen molar-refractivity contribution in [2.24, 2.45) is 5.92 Å². The van der Waals surface area contributed by atoms with Crippen LogP contribution in [0.2, 0.25) is 5.02 Å². The predicted octanol–water partition coefficient (Wildman–Crippen LogP) is 2.80. The van der Waals surface area contributed by atoms with Gasteiger partial charge in [-0.05, 0) is 39.0 Å². The summed E-state index contributed by atoms with van der Waals surface area (Å²) in [5.74, 6) is -0.590. The van der Waals surface area contributed by atoms with E-state index in [1.165, 1.54) is 6.07 Å². The summed E-state index contributed by atoms with van der Waals surface area (Å²) < 4.78 is 0. The second kappa shape index (κ2) is 5.98. The Hall–Kier alpha value is -2.06. The van der Waals surface area contributed by atoms with E-state index >= 15 is 0 Å². The lowest BCUT2D eigenvalue weighted by Gasteiger charge is -2.31. The van der Waals surface area contributed by atoms with Crippen LogP contribution in [0.3, 0.4) is 0 Å². The van der Waals surface area contributed by atoms with Gasteiger partial charge in [0.1, 0.15) is 6.07 Å². The fraction of sp³-hybridized carbons (Fsp3) is 0.438. The Morgan fingerprint density at radius 3 is 2.64 bits per heavy atom. The van der Waals surface area contributed by atoms with Gasteiger partial charge in [-0.25, -0.2) is 0 Å². The lowest BCUT2D eigenvalue weighted by atomic mass is 10.1. The highest BCUT2D eigenvalue weighted by atomic mass is 35.5. The standard InChI is InChI=1S/C16H18ClN3O2/c1-16(2,3)20-9-11(6-14(20)21)15(22)19-12-5-4-10(8-18)13(17)7-12/h4-5,7,11H,6,9H2,1-3H3,(H,19,22)/t11-/m1/s1. The molecule has 6 heteroatoms. The van der Waals surface area contributed by atoms with Crippen LogP contribution in [0.1, 0.15) is 32.8 Å². The number of anilines is 1. The molecule has 1 atom stereocenters. The second-order valence-corrected chi connectivity index (χ2v) is 6.78. The number of carbonyl (C=O) groups is 2. The lowest BCUT2D eigenvalue weighted by molar-refractivity contribution is -0.131. The predicted molar refractivity (Wildman–Crippen MR) is 84.4 cm³/mol. The Bertz CT molecular complexity index is 658. The Kier molecular flexibility index (Phi) is 4.43. The van der Waals surface area contributed by atoms with E-state index in [1.807, 2.05) is 26.8 Å². The molecule has 0 aromatic heterocycles. The van der Waals surface area contributed by atoms with Gasteiger partial charge in [-0.15, -0.1) is 0 Å².